The molecule has 1 aliphatic rings. The molecular weight excluding hydrogens is 425 g/mol. The predicted molar refractivity (Wildman–Crippen MR) is 99.3 cm³/mol. The van der Waals surface area contributed by atoms with Crippen molar-refractivity contribution in [2.24, 2.45) is 0 Å². The number of amides is 1. The number of carbonyl (C=O) groups is 2. The molecule has 1 aliphatic heterocycles. The van der Waals surface area contributed by atoms with Crippen LogP contribution in [0.25, 0.3) is 11.1 Å². The third-order valence-corrected chi connectivity index (χ3v) is 5.07. The van der Waals surface area contributed by atoms with Crippen molar-refractivity contribution in [3.8, 4) is 16.9 Å². The van der Waals surface area contributed by atoms with Crippen LogP contribution >= 0.6 is 34.4 Å². The molecule has 4 nitrogen and oxygen atoms in total. The number of benzene rings is 2. The van der Waals surface area contributed by atoms with Crippen molar-refractivity contribution in [3.63, 3.8) is 0 Å². The van der Waals surface area contributed by atoms with Crippen LogP contribution in [0.15, 0.2) is 48.5 Å². The number of hydrogen-bond acceptors (Lipinski definition) is 4. The molecular formula is C17H14INO3S. The standard InChI is InChI=1S/C17H14INO3S/c18-14-5-1-12(2-6-14)13-3-7-15(8-4-13)22-17(21)9-19-11-23-10-16(19)20/h1-8H,9-11H2. The highest BCUT2D eigenvalue weighted by molar-refractivity contribution is 14.1. The Bertz CT molecular complexity index is 716. The molecule has 0 aliphatic carbocycles. The van der Waals surface area contributed by atoms with Crippen LogP contribution in [0.3, 0.4) is 0 Å². The molecule has 0 atom stereocenters. The first-order valence-electron chi connectivity index (χ1n) is 7.04. The lowest BCUT2D eigenvalue weighted by Gasteiger charge is -2.13. The van der Waals surface area contributed by atoms with Crippen molar-refractivity contribution in [1.82, 2.24) is 4.90 Å². The molecule has 0 saturated carbocycles. The van der Waals surface area contributed by atoms with Gasteiger partial charge in [-0.3, -0.25) is 4.79 Å². The average Bonchev–Trinajstić information content (AvgIpc) is 2.94. The fourth-order valence-corrected chi connectivity index (χ4v) is 3.48. The maximum atomic E-state index is 11.9. The first kappa shape index (κ1) is 16.3. The fraction of sp³-hybridized carbons (Fsp3) is 0.176. The number of nitrogens with zero attached hydrogens (tertiary/aromatic N) is 1. The van der Waals surface area contributed by atoms with Gasteiger partial charge in [-0.15, -0.1) is 11.8 Å². The number of esters is 1. The molecule has 3 rings (SSSR count). The van der Waals surface area contributed by atoms with Crippen molar-refractivity contribution in [3.05, 3.63) is 52.1 Å². The molecule has 2 aromatic carbocycles. The Labute approximate surface area is 152 Å². The minimum atomic E-state index is -0.414. The molecule has 0 unspecified atom stereocenters. The Morgan fingerprint density at radius 2 is 1.70 bits per heavy atom. The van der Waals surface area contributed by atoms with Crippen LogP contribution in [0.4, 0.5) is 0 Å². The summed E-state index contributed by atoms with van der Waals surface area (Å²) in [5.41, 5.74) is 2.18. The zero-order chi connectivity index (χ0) is 16.2. The zero-order valence-corrected chi connectivity index (χ0v) is 15.2. The number of rotatable bonds is 4. The monoisotopic (exact) mass is 439 g/mol. The van der Waals surface area contributed by atoms with Crippen LogP contribution in [-0.2, 0) is 9.59 Å². The third kappa shape index (κ3) is 4.26. The SMILES string of the molecule is O=C(CN1CSCC1=O)Oc1ccc(-c2ccc(I)cc2)cc1. The molecule has 6 heteroatoms. The van der Waals surface area contributed by atoms with Crippen molar-refractivity contribution >= 4 is 46.2 Å². The van der Waals surface area contributed by atoms with E-state index in [0.717, 1.165) is 11.1 Å². The second kappa shape index (κ2) is 7.35. The van der Waals surface area contributed by atoms with Crippen molar-refractivity contribution in [1.29, 1.82) is 0 Å². The van der Waals surface area contributed by atoms with Crippen molar-refractivity contribution < 1.29 is 14.3 Å². The van der Waals surface area contributed by atoms with Crippen molar-refractivity contribution in [2.45, 2.75) is 0 Å². The molecule has 0 N–H and O–H groups in total. The molecule has 0 spiro atoms. The molecule has 0 aromatic heterocycles. The van der Waals surface area contributed by atoms with Gasteiger partial charge in [-0.25, -0.2) is 4.79 Å². The minimum absolute atomic E-state index is 0.00467. The third-order valence-electron chi connectivity index (χ3n) is 3.41. The van der Waals surface area contributed by atoms with Crippen molar-refractivity contribution in [2.75, 3.05) is 18.2 Å². The second-order valence-corrected chi connectivity index (χ2v) is 7.28. The highest BCUT2D eigenvalue weighted by Gasteiger charge is 2.23. The summed E-state index contributed by atoms with van der Waals surface area (Å²) >= 11 is 3.78. The van der Waals surface area contributed by atoms with E-state index in [9.17, 15) is 9.59 Å². The molecule has 2 aromatic rings. The summed E-state index contributed by atoms with van der Waals surface area (Å²) in [5.74, 6) is 1.06. The Morgan fingerprint density at radius 1 is 1.09 bits per heavy atom. The first-order valence-corrected chi connectivity index (χ1v) is 9.27. The van der Waals surface area contributed by atoms with Gasteiger partial charge in [0.1, 0.15) is 12.3 Å². The number of thioether (sulfide) groups is 1. The van der Waals surface area contributed by atoms with Gasteiger partial charge in [0.2, 0.25) is 5.91 Å². The maximum Gasteiger partial charge on any atom is 0.331 e. The molecule has 1 fully saturated rings. The normalized spacial score (nSPS) is 14.1. The Balaban J connectivity index is 1.62. The van der Waals surface area contributed by atoms with E-state index in [4.69, 9.17) is 4.74 Å². The summed E-state index contributed by atoms with van der Waals surface area (Å²) in [6, 6.07) is 15.6. The van der Waals surface area contributed by atoms with E-state index in [0.29, 0.717) is 17.4 Å². The van der Waals surface area contributed by atoms with E-state index in [1.165, 1.54) is 20.2 Å². The quantitative estimate of drug-likeness (QED) is 0.417. The van der Waals surface area contributed by atoms with E-state index >= 15 is 0 Å². The molecule has 118 valence electrons. The summed E-state index contributed by atoms with van der Waals surface area (Å²) in [6.45, 7) is 0.00467. The Hall–Kier alpha value is -1.54. The second-order valence-electron chi connectivity index (χ2n) is 5.07. The summed E-state index contributed by atoms with van der Waals surface area (Å²) < 4.78 is 6.48. The number of halogens is 1. The minimum Gasteiger partial charge on any atom is -0.425 e. The number of ether oxygens (including phenoxy) is 1. The number of carbonyl (C=O) groups excluding carboxylic acids is 2. The Morgan fingerprint density at radius 3 is 2.26 bits per heavy atom. The van der Waals surface area contributed by atoms with Crippen LogP contribution in [-0.4, -0.2) is 35.0 Å². The number of hydrogen-bond donors (Lipinski definition) is 0. The van der Waals surface area contributed by atoms with E-state index in [-0.39, 0.29) is 12.5 Å². The average molecular weight is 439 g/mol. The summed E-state index contributed by atoms with van der Waals surface area (Å²) in [7, 11) is 0. The Kier molecular flexibility index (Phi) is 5.22. The van der Waals surface area contributed by atoms with Gasteiger partial charge in [-0.2, -0.15) is 0 Å². The van der Waals surface area contributed by atoms with E-state index in [1.807, 2.05) is 12.1 Å². The summed E-state index contributed by atoms with van der Waals surface area (Å²) in [6.07, 6.45) is 0. The largest absolute Gasteiger partial charge is 0.425 e. The molecule has 1 heterocycles. The predicted octanol–water partition coefficient (Wildman–Crippen LogP) is 3.40. The lowest BCUT2D eigenvalue weighted by molar-refractivity contribution is -0.140. The van der Waals surface area contributed by atoms with Crippen LogP contribution < -0.4 is 4.74 Å². The van der Waals surface area contributed by atoms with Crippen LogP contribution in [0.2, 0.25) is 0 Å². The highest BCUT2D eigenvalue weighted by Crippen LogP contribution is 2.23. The molecule has 0 bridgehead atoms. The molecule has 1 amide bonds. The van der Waals surface area contributed by atoms with Gasteiger partial charge in [0.05, 0.1) is 11.6 Å². The fourth-order valence-electron chi connectivity index (χ4n) is 2.22. The van der Waals surface area contributed by atoms with Crippen LogP contribution in [0.1, 0.15) is 0 Å². The van der Waals surface area contributed by atoms with Gasteiger partial charge in [-0.1, -0.05) is 24.3 Å². The van der Waals surface area contributed by atoms with Gasteiger partial charge in [-0.05, 0) is 58.0 Å². The van der Waals surface area contributed by atoms with Gasteiger partial charge in [0.15, 0.2) is 0 Å². The van der Waals surface area contributed by atoms with E-state index < -0.39 is 5.97 Å². The maximum absolute atomic E-state index is 11.9. The van der Waals surface area contributed by atoms with E-state index in [1.54, 1.807) is 12.1 Å². The highest BCUT2D eigenvalue weighted by atomic mass is 127. The first-order chi connectivity index (χ1) is 11.1. The zero-order valence-electron chi connectivity index (χ0n) is 12.2. The topological polar surface area (TPSA) is 46.6 Å². The lowest BCUT2D eigenvalue weighted by Crippen LogP contribution is -2.33. The van der Waals surface area contributed by atoms with Gasteiger partial charge < -0.3 is 9.64 Å². The molecule has 1 saturated heterocycles. The van der Waals surface area contributed by atoms with Gasteiger partial charge >= 0.3 is 5.97 Å². The summed E-state index contributed by atoms with van der Waals surface area (Å²) in [5, 5.41) is 0. The molecule has 0 radical (unpaired) electrons. The van der Waals surface area contributed by atoms with Crippen LogP contribution in [0.5, 0.6) is 5.75 Å². The van der Waals surface area contributed by atoms with Gasteiger partial charge in [0.25, 0.3) is 0 Å². The van der Waals surface area contributed by atoms with E-state index in [2.05, 4.69) is 46.9 Å². The van der Waals surface area contributed by atoms with Crippen LogP contribution in [0, 0.1) is 3.57 Å². The summed E-state index contributed by atoms with van der Waals surface area (Å²) in [4.78, 5) is 24.9. The van der Waals surface area contributed by atoms with Gasteiger partial charge in [0, 0.05) is 3.57 Å². The smallest absolute Gasteiger partial charge is 0.331 e. The lowest BCUT2D eigenvalue weighted by atomic mass is 10.1. The molecule has 23 heavy (non-hydrogen) atoms.